The minimum atomic E-state index is -0.413. The van der Waals surface area contributed by atoms with Crippen LogP contribution in [-0.4, -0.2) is 11.2 Å². The van der Waals surface area contributed by atoms with E-state index in [9.17, 15) is 9.50 Å². The molecule has 0 radical (unpaired) electrons. The molecule has 15 heavy (non-hydrogen) atoms. The van der Waals surface area contributed by atoms with E-state index >= 15 is 0 Å². The van der Waals surface area contributed by atoms with Crippen molar-refractivity contribution in [3.05, 3.63) is 34.6 Å². The van der Waals surface area contributed by atoms with Crippen molar-refractivity contribution in [2.45, 2.75) is 38.7 Å². The van der Waals surface area contributed by atoms with Crippen LogP contribution in [0.5, 0.6) is 0 Å². The molecule has 0 saturated heterocycles. The monoisotopic (exact) mass is 230 g/mol. The van der Waals surface area contributed by atoms with Crippen LogP contribution in [0.1, 0.15) is 31.7 Å². The largest absolute Gasteiger partial charge is 0.393 e. The highest BCUT2D eigenvalue weighted by Crippen LogP contribution is 2.18. The maximum Gasteiger partial charge on any atom is 0.141 e. The molecule has 1 unspecified atom stereocenters. The summed E-state index contributed by atoms with van der Waals surface area (Å²) in [5.41, 5.74) is 0.880. The Morgan fingerprint density at radius 3 is 2.80 bits per heavy atom. The van der Waals surface area contributed by atoms with Crippen molar-refractivity contribution in [1.82, 2.24) is 0 Å². The lowest BCUT2D eigenvalue weighted by Crippen LogP contribution is -2.10. The van der Waals surface area contributed by atoms with Crippen molar-refractivity contribution in [3.63, 3.8) is 0 Å². The third kappa shape index (κ3) is 4.18. The first kappa shape index (κ1) is 12.5. The Kier molecular flexibility index (Phi) is 5.06. The lowest BCUT2D eigenvalue weighted by molar-refractivity contribution is 0.162. The van der Waals surface area contributed by atoms with E-state index in [1.807, 2.05) is 0 Å². The molecule has 0 amide bonds. The number of aliphatic hydroxyl groups excluding tert-OH is 1. The number of halogens is 2. The topological polar surface area (TPSA) is 20.2 Å². The lowest BCUT2D eigenvalue weighted by atomic mass is 10.0. The molecule has 0 bridgehead atoms. The predicted molar refractivity (Wildman–Crippen MR) is 60.6 cm³/mol. The van der Waals surface area contributed by atoms with Gasteiger partial charge in [0.05, 0.1) is 11.1 Å². The van der Waals surface area contributed by atoms with Gasteiger partial charge >= 0.3 is 0 Å². The van der Waals surface area contributed by atoms with Gasteiger partial charge < -0.3 is 5.11 Å². The number of hydrogen-bond acceptors (Lipinski definition) is 1. The minimum absolute atomic E-state index is 0.121. The fraction of sp³-hybridized carbons (Fsp3) is 0.500. The van der Waals surface area contributed by atoms with Gasteiger partial charge in [0.15, 0.2) is 0 Å². The van der Waals surface area contributed by atoms with Gasteiger partial charge in [-0.15, -0.1) is 0 Å². The fourth-order valence-electron chi connectivity index (χ4n) is 1.48. The van der Waals surface area contributed by atoms with Gasteiger partial charge in [0.1, 0.15) is 5.82 Å². The highest BCUT2D eigenvalue weighted by molar-refractivity contribution is 6.30. The molecule has 84 valence electrons. The van der Waals surface area contributed by atoms with E-state index in [-0.39, 0.29) is 11.1 Å². The Morgan fingerprint density at radius 1 is 1.47 bits per heavy atom. The molecule has 0 aromatic heterocycles. The first-order valence-electron chi connectivity index (χ1n) is 5.25. The van der Waals surface area contributed by atoms with Gasteiger partial charge in [-0.25, -0.2) is 4.39 Å². The van der Waals surface area contributed by atoms with Crippen LogP contribution in [0.2, 0.25) is 5.02 Å². The van der Waals surface area contributed by atoms with Gasteiger partial charge in [0.25, 0.3) is 0 Å². The Morgan fingerprint density at radius 2 is 2.20 bits per heavy atom. The number of hydrogen-bond donors (Lipinski definition) is 1. The van der Waals surface area contributed by atoms with Crippen LogP contribution in [-0.2, 0) is 6.42 Å². The molecule has 1 atom stereocenters. The molecule has 0 aliphatic heterocycles. The fourth-order valence-corrected chi connectivity index (χ4v) is 1.68. The average Bonchev–Trinajstić information content (AvgIpc) is 2.20. The van der Waals surface area contributed by atoms with E-state index in [4.69, 9.17) is 11.6 Å². The second-order valence-corrected chi connectivity index (χ2v) is 4.16. The third-order valence-corrected chi connectivity index (χ3v) is 2.64. The number of aliphatic hydroxyl groups is 1. The summed E-state index contributed by atoms with van der Waals surface area (Å²) < 4.78 is 12.8. The maximum absolute atomic E-state index is 12.8. The molecule has 1 rings (SSSR count). The van der Waals surface area contributed by atoms with E-state index in [0.717, 1.165) is 24.8 Å². The van der Waals surface area contributed by atoms with Gasteiger partial charge in [0, 0.05) is 0 Å². The highest BCUT2D eigenvalue weighted by atomic mass is 35.5. The first-order valence-corrected chi connectivity index (χ1v) is 5.63. The second-order valence-electron chi connectivity index (χ2n) is 3.75. The number of rotatable bonds is 5. The molecular formula is C12H16ClFO. The molecule has 1 aromatic carbocycles. The molecule has 3 heteroatoms. The van der Waals surface area contributed by atoms with Crippen LogP contribution in [0, 0.1) is 5.82 Å². The van der Waals surface area contributed by atoms with Crippen LogP contribution >= 0.6 is 11.6 Å². The number of unbranched alkanes of at least 4 members (excludes halogenated alkanes) is 1. The molecule has 0 aliphatic rings. The summed E-state index contributed by atoms with van der Waals surface area (Å²) in [4.78, 5) is 0. The van der Waals surface area contributed by atoms with E-state index in [2.05, 4.69) is 6.92 Å². The van der Waals surface area contributed by atoms with Crippen molar-refractivity contribution in [3.8, 4) is 0 Å². The summed E-state index contributed by atoms with van der Waals surface area (Å²) in [6.45, 7) is 2.08. The van der Waals surface area contributed by atoms with Crippen LogP contribution in [0.3, 0.4) is 0 Å². The summed E-state index contributed by atoms with van der Waals surface area (Å²) in [5.74, 6) is -0.413. The Labute approximate surface area is 94.9 Å². The standard InChI is InChI=1S/C12H16ClFO/c1-2-3-4-10(15)7-9-5-6-12(14)11(13)8-9/h5-6,8,10,15H,2-4,7H2,1H3. The van der Waals surface area contributed by atoms with Gasteiger partial charge in [-0.1, -0.05) is 37.4 Å². The molecule has 1 nitrogen and oxygen atoms in total. The summed E-state index contributed by atoms with van der Waals surface area (Å²) in [6.07, 6.45) is 3.05. The van der Waals surface area contributed by atoms with Crippen molar-refractivity contribution >= 4 is 11.6 Å². The van der Waals surface area contributed by atoms with E-state index in [1.54, 1.807) is 12.1 Å². The van der Waals surface area contributed by atoms with Crippen molar-refractivity contribution in [2.24, 2.45) is 0 Å². The molecule has 1 N–H and O–H groups in total. The smallest absolute Gasteiger partial charge is 0.141 e. The van der Waals surface area contributed by atoms with Crippen molar-refractivity contribution in [1.29, 1.82) is 0 Å². The third-order valence-electron chi connectivity index (χ3n) is 2.35. The molecule has 0 heterocycles. The normalized spacial score (nSPS) is 12.8. The minimum Gasteiger partial charge on any atom is -0.393 e. The summed E-state index contributed by atoms with van der Waals surface area (Å²) in [7, 11) is 0. The van der Waals surface area contributed by atoms with Gasteiger partial charge in [-0.05, 0) is 30.5 Å². The zero-order valence-electron chi connectivity index (χ0n) is 8.84. The summed E-state index contributed by atoms with van der Waals surface area (Å²) >= 11 is 5.64. The molecular weight excluding hydrogens is 215 g/mol. The van der Waals surface area contributed by atoms with Gasteiger partial charge in [0.2, 0.25) is 0 Å². The molecule has 0 saturated carbocycles. The predicted octanol–water partition coefficient (Wildman–Crippen LogP) is 3.57. The van der Waals surface area contributed by atoms with Crippen LogP contribution in [0.25, 0.3) is 0 Å². The van der Waals surface area contributed by atoms with Gasteiger partial charge in [-0.3, -0.25) is 0 Å². The van der Waals surface area contributed by atoms with E-state index < -0.39 is 5.82 Å². The Balaban J connectivity index is 2.53. The van der Waals surface area contributed by atoms with E-state index in [1.165, 1.54) is 6.07 Å². The Bertz CT molecular complexity index is 314. The summed E-state index contributed by atoms with van der Waals surface area (Å²) in [5, 5.41) is 9.78. The zero-order valence-corrected chi connectivity index (χ0v) is 9.60. The molecule has 0 aliphatic carbocycles. The molecule has 0 spiro atoms. The van der Waals surface area contributed by atoms with Crippen LogP contribution < -0.4 is 0 Å². The highest BCUT2D eigenvalue weighted by Gasteiger charge is 2.07. The van der Waals surface area contributed by atoms with Crippen molar-refractivity contribution < 1.29 is 9.50 Å². The van der Waals surface area contributed by atoms with Crippen molar-refractivity contribution in [2.75, 3.05) is 0 Å². The van der Waals surface area contributed by atoms with Crippen LogP contribution in [0.15, 0.2) is 18.2 Å². The van der Waals surface area contributed by atoms with Crippen LogP contribution in [0.4, 0.5) is 4.39 Å². The Hall–Kier alpha value is -0.600. The first-order chi connectivity index (χ1) is 7.13. The zero-order chi connectivity index (χ0) is 11.3. The van der Waals surface area contributed by atoms with Gasteiger partial charge in [-0.2, -0.15) is 0 Å². The maximum atomic E-state index is 12.8. The molecule has 0 fully saturated rings. The average molecular weight is 231 g/mol. The van der Waals surface area contributed by atoms with E-state index in [0.29, 0.717) is 6.42 Å². The molecule has 1 aromatic rings. The SMILES string of the molecule is CCCCC(O)Cc1ccc(F)c(Cl)c1. The summed E-state index contributed by atoms with van der Waals surface area (Å²) in [6, 6.07) is 4.58. The second kappa shape index (κ2) is 6.09. The number of benzene rings is 1. The lowest BCUT2D eigenvalue weighted by Gasteiger charge is -2.10. The quantitative estimate of drug-likeness (QED) is 0.820.